The van der Waals surface area contributed by atoms with E-state index in [0.29, 0.717) is 11.7 Å². The highest BCUT2D eigenvalue weighted by Gasteiger charge is 2.29. The predicted molar refractivity (Wildman–Crippen MR) is 67.8 cm³/mol. The molecule has 3 unspecified atom stereocenters. The lowest BCUT2D eigenvalue weighted by molar-refractivity contribution is -0.123. The van der Waals surface area contributed by atoms with Crippen molar-refractivity contribution in [3.63, 3.8) is 0 Å². The predicted octanol–water partition coefficient (Wildman–Crippen LogP) is 1.84. The van der Waals surface area contributed by atoms with E-state index in [9.17, 15) is 9.90 Å². The lowest BCUT2D eigenvalue weighted by atomic mass is 9.98. The molecule has 0 aromatic rings. The van der Waals surface area contributed by atoms with Crippen LogP contribution in [0, 0.1) is 11.8 Å². The first-order valence-corrected chi connectivity index (χ1v) is 7.10. The van der Waals surface area contributed by atoms with Gasteiger partial charge in [-0.25, -0.2) is 0 Å². The molecule has 1 saturated carbocycles. The topological polar surface area (TPSA) is 40.5 Å². The van der Waals surface area contributed by atoms with Gasteiger partial charge in [0.15, 0.2) is 0 Å². The molecular weight excluding hydrogens is 214 g/mol. The summed E-state index contributed by atoms with van der Waals surface area (Å²) in [5, 5.41) is 9.58. The molecule has 1 N–H and O–H groups in total. The summed E-state index contributed by atoms with van der Waals surface area (Å²) in [5.74, 6) is 1.16. The molecule has 0 spiro atoms. The van der Waals surface area contributed by atoms with Gasteiger partial charge in [0.25, 0.3) is 0 Å². The monoisotopic (exact) mass is 239 g/mol. The number of aliphatic hydroxyl groups excluding tert-OH is 1. The van der Waals surface area contributed by atoms with Crippen molar-refractivity contribution >= 4 is 5.78 Å². The second-order valence-electron chi connectivity index (χ2n) is 5.81. The maximum Gasteiger partial charge on any atom is 0.137 e. The Hall–Kier alpha value is -0.410. The lowest BCUT2D eigenvalue weighted by Crippen LogP contribution is -2.32. The van der Waals surface area contributed by atoms with Crippen molar-refractivity contribution < 1.29 is 9.90 Å². The third kappa shape index (κ3) is 3.52. The van der Waals surface area contributed by atoms with Gasteiger partial charge >= 0.3 is 0 Å². The quantitative estimate of drug-likeness (QED) is 0.764. The van der Waals surface area contributed by atoms with Crippen molar-refractivity contribution in [2.45, 2.75) is 51.6 Å². The van der Waals surface area contributed by atoms with Gasteiger partial charge in [0, 0.05) is 25.4 Å². The molecule has 2 rings (SSSR count). The summed E-state index contributed by atoms with van der Waals surface area (Å²) in [6.07, 6.45) is 6.27. The van der Waals surface area contributed by atoms with Crippen LogP contribution in [0.1, 0.15) is 45.4 Å². The molecule has 1 aliphatic heterocycles. The summed E-state index contributed by atoms with van der Waals surface area (Å²) in [4.78, 5) is 14.3. The van der Waals surface area contributed by atoms with Gasteiger partial charge in [-0.2, -0.15) is 0 Å². The maximum atomic E-state index is 11.9. The second-order valence-corrected chi connectivity index (χ2v) is 5.81. The highest BCUT2D eigenvalue weighted by molar-refractivity contribution is 5.81. The summed E-state index contributed by atoms with van der Waals surface area (Å²) in [5.41, 5.74) is 0. The molecule has 98 valence electrons. The molecule has 0 bridgehead atoms. The van der Waals surface area contributed by atoms with E-state index in [2.05, 4.69) is 4.90 Å². The molecule has 0 radical (unpaired) electrons. The van der Waals surface area contributed by atoms with Crippen molar-refractivity contribution in [1.82, 2.24) is 4.90 Å². The Bertz CT molecular complexity index is 265. The Kier molecular flexibility index (Phi) is 4.57. The molecule has 17 heavy (non-hydrogen) atoms. The molecule has 0 aromatic heterocycles. The van der Waals surface area contributed by atoms with Crippen molar-refractivity contribution in [3.8, 4) is 0 Å². The van der Waals surface area contributed by atoms with Crippen LogP contribution in [0.3, 0.4) is 0 Å². The Morgan fingerprint density at radius 1 is 1.35 bits per heavy atom. The number of likely N-dealkylation sites (tertiary alicyclic amines) is 1. The fourth-order valence-corrected chi connectivity index (χ4v) is 3.16. The number of hydrogen-bond acceptors (Lipinski definition) is 3. The van der Waals surface area contributed by atoms with Crippen LogP contribution in [-0.4, -0.2) is 41.5 Å². The van der Waals surface area contributed by atoms with E-state index in [1.807, 2.05) is 6.92 Å². The van der Waals surface area contributed by atoms with E-state index >= 15 is 0 Å². The molecule has 2 fully saturated rings. The average Bonchev–Trinajstić information content (AvgIpc) is 2.66. The van der Waals surface area contributed by atoms with Gasteiger partial charge in [0.2, 0.25) is 0 Å². The Morgan fingerprint density at radius 3 is 2.88 bits per heavy atom. The summed E-state index contributed by atoms with van der Waals surface area (Å²) < 4.78 is 0. The van der Waals surface area contributed by atoms with Crippen LogP contribution in [0.4, 0.5) is 0 Å². The molecule has 3 nitrogen and oxygen atoms in total. The first kappa shape index (κ1) is 13.0. The SMILES string of the molecule is CC(O)C1CCN(CC2CCCCCC2=O)C1. The summed E-state index contributed by atoms with van der Waals surface area (Å²) in [7, 11) is 0. The van der Waals surface area contributed by atoms with Crippen LogP contribution in [0.5, 0.6) is 0 Å². The Morgan fingerprint density at radius 2 is 2.18 bits per heavy atom. The number of hydrogen-bond donors (Lipinski definition) is 1. The van der Waals surface area contributed by atoms with E-state index in [-0.39, 0.29) is 12.0 Å². The average molecular weight is 239 g/mol. The summed E-state index contributed by atoms with van der Waals surface area (Å²) in [6, 6.07) is 0. The zero-order valence-corrected chi connectivity index (χ0v) is 10.9. The van der Waals surface area contributed by atoms with E-state index < -0.39 is 0 Å². The van der Waals surface area contributed by atoms with Crippen LogP contribution in [0.15, 0.2) is 0 Å². The minimum absolute atomic E-state index is 0.204. The van der Waals surface area contributed by atoms with Gasteiger partial charge in [-0.3, -0.25) is 4.79 Å². The highest BCUT2D eigenvalue weighted by Crippen LogP contribution is 2.25. The van der Waals surface area contributed by atoms with Gasteiger partial charge < -0.3 is 10.0 Å². The van der Waals surface area contributed by atoms with Crippen LogP contribution < -0.4 is 0 Å². The van der Waals surface area contributed by atoms with Crippen molar-refractivity contribution in [2.24, 2.45) is 11.8 Å². The lowest BCUT2D eigenvalue weighted by Gasteiger charge is -2.22. The zero-order chi connectivity index (χ0) is 12.3. The third-order valence-electron chi connectivity index (χ3n) is 4.40. The van der Waals surface area contributed by atoms with Crippen LogP contribution >= 0.6 is 0 Å². The van der Waals surface area contributed by atoms with Gasteiger partial charge in [-0.15, -0.1) is 0 Å². The molecular formula is C14H25NO2. The molecule has 3 atom stereocenters. The molecule has 2 aliphatic rings. The number of rotatable bonds is 3. The van der Waals surface area contributed by atoms with E-state index in [0.717, 1.165) is 45.3 Å². The van der Waals surface area contributed by atoms with Crippen molar-refractivity contribution in [3.05, 3.63) is 0 Å². The smallest absolute Gasteiger partial charge is 0.137 e. The van der Waals surface area contributed by atoms with Crippen molar-refractivity contribution in [1.29, 1.82) is 0 Å². The second kappa shape index (κ2) is 5.96. The van der Waals surface area contributed by atoms with Gasteiger partial charge in [-0.1, -0.05) is 12.8 Å². The minimum Gasteiger partial charge on any atom is -0.393 e. The Balaban J connectivity index is 1.82. The number of ketones is 1. The molecule has 0 aromatic carbocycles. The third-order valence-corrected chi connectivity index (χ3v) is 4.40. The maximum absolute atomic E-state index is 11.9. The first-order valence-electron chi connectivity index (χ1n) is 7.10. The molecule has 3 heteroatoms. The Labute approximate surface area is 104 Å². The summed E-state index contributed by atoms with van der Waals surface area (Å²) in [6.45, 7) is 4.84. The largest absolute Gasteiger partial charge is 0.393 e. The number of carbonyl (C=O) groups excluding carboxylic acids is 1. The number of carbonyl (C=O) groups is 1. The molecule has 1 saturated heterocycles. The normalized spacial score (nSPS) is 33.6. The fraction of sp³-hybridized carbons (Fsp3) is 0.929. The number of aliphatic hydroxyl groups is 1. The zero-order valence-electron chi connectivity index (χ0n) is 10.9. The molecule has 1 heterocycles. The fourth-order valence-electron chi connectivity index (χ4n) is 3.16. The molecule has 0 amide bonds. The minimum atomic E-state index is -0.204. The van der Waals surface area contributed by atoms with E-state index in [1.54, 1.807) is 0 Å². The standard InChI is InChI=1S/C14H25NO2/c1-11(16)12-7-8-15(9-12)10-13-5-3-2-4-6-14(13)17/h11-13,16H,2-10H2,1H3. The highest BCUT2D eigenvalue weighted by atomic mass is 16.3. The van der Waals surface area contributed by atoms with E-state index in [1.165, 1.54) is 12.8 Å². The van der Waals surface area contributed by atoms with Gasteiger partial charge in [-0.05, 0) is 38.6 Å². The van der Waals surface area contributed by atoms with E-state index in [4.69, 9.17) is 0 Å². The number of nitrogens with zero attached hydrogens (tertiary/aromatic N) is 1. The molecule has 1 aliphatic carbocycles. The van der Waals surface area contributed by atoms with Gasteiger partial charge in [0.1, 0.15) is 5.78 Å². The van der Waals surface area contributed by atoms with Gasteiger partial charge in [0.05, 0.1) is 6.10 Å². The van der Waals surface area contributed by atoms with Crippen LogP contribution in [-0.2, 0) is 4.79 Å². The van der Waals surface area contributed by atoms with Crippen LogP contribution in [0.25, 0.3) is 0 Å². The van der Waals surface area contributed by atoms with Crippen LogP contribution in [0.2, 0.25) is 0 Å². The summed E-state index contributed by atoms with van der Waals surface area (Å²) >= 11 is 0. The number of Topliss-reactive ketones (excluding diaryl/α,β-unsaturated/α-hetero) is 1. The van der Waals surface area contributed by atoms with Crippen molar-refractivity contribution in [2.75, 3.05) is 19.6 Å². The first-order chi connectivity index (χ1) is 8.16.